The molecule has 9 heteroatoms. The molecule has 5 nitrogen and oxygen atoms in total. The zero-order valence-corrected chi connectivity index (χ0v) is 20.7. The first-order chi connectivity index (χ1) is 15.3. The number of carbonyl (C=O) groups is 1. The number of halogens is 2. The summed E-state index contributed by atoms with van der Waals surface area (Å²) < 4.78 is 27.3. The van der Waals surface area contributed by atoms with Gasteiger partial charge in [0.05, 0.1) is 27.4 Å². The first-order valence-electron chi connectivity index (χ1n) is 9.70. The molecule has 0 aliphatic rings. The second kappa shape index (κ2) is 9.70. The van der Waals surface area contributed by atoms with E-state index in [0.717, 1.165) is 20.3 Å². The SMILES string of the molecule is O=C(CCS(=O)(=O)c1ccc(Cl)cc1)N(Cc1ccccc1)c1nc2ccc(Br)cc2s1. The molecule has 3 aromatic carbocycles. The van der Waals surface area contributed by atoms with E-state index in [-0.39, 0.29) is 23.0 Å². The van der Waals surface area contributed by atoms with Crippen LogP contribution in [-0.4, -0.2) is 25.1 Å². The molecule has 0 bridgehead atoms. The Bertz CT molecular complexity index is 1360. The highest BCUT2D eigenvalue weighted by molar-refractivity contribution is 9.10. The van der Waals surface area contributed by atoms with Crippen molar-refractivity contribution in [3.05, 3.63) is 87.9 Å². The number of amides is 1. The summed E-state index contributed by atoms with van der Waals surface area (Å²) in [4.78, 5) is 19.6. The van der Waals surface area contributed by atoms with Gasteiger partial charge in [-0.15, -0.1) is 0 Å². The van der Waals surface area contributed by atoms with E-state index in [2.05, 4.69) is 20.9 Å². The number of rotatable bonds is 7. The van der Waals surface area contributed by atoms with Gasteiger partial charge in [-0.1, -0.05) is 69.2 Å². The van der Waals surface area contributed by atoms with Gasteiger partial charge in [-0.05, 0) is 48.0 Å². The topological polar surface area (TPSA) is 67.3 Å². The molecule has 0 fully saturated rings. The molecule has 0 unspecified atom stereocenters. The van der Waals surface area contributed by atoms with Crippen LogP contribution < -0.4 is 4.90 Å². The Morgan fingerprint density at radius 3 is 2.47 bits per heavy atom. The molecule has 1 heterocycles. The number of fused-ring (bicyclic) bond motifs is 1. The summed E-state index contributed by atoms with van der Waals surface area (Å²) >= 11 is 10.7. The Hall–Kier alpha value is -2.26. The number of aromatic nitrogens is 1. The van der Waals surface area contributed by atoms with Gasteiger partial charge in [-0.2, -0.15) is 0 Å². The number of anilines is 1. The Morgan fingerprint density at radius 1 is 1.03 bits per heavy atom. The van der Waals surface area contributed by atoms with Gasteiger partial charge in [-0.25, -0.2) is 13.4 Å². The van der Waals surface area contributed by atoms with Crippen molar-refractivity contribution in [2.24, 2.45) is 0 Å². The van der Waals surface area contributed by atoms with Gasteiger partial charge in [0.15, 0.2) is 15.0 Å². The second-order valence-electron chi connectivity index (χ2n) is 7.10. The minimum Gasteiger partial charge on any atom is -0.284 e. The van der Waals surface area contributed by atoms with Crippen molar-refractivity contribution >= 4 is 70.0 Å². The molecule has 0 aliphatic carbocycles. The molecule has 0 spiro atoms. The third-order valence-electron chi connectivity index (χ3n) is 4.81. The lowest BCUT2D eigenvalue weighted by atomic mass is 10.2. The van der Waals surface area contributed by atoms with Crippen molar-refractivity contribution < 1.29 is 13.2 Å². The van der Waals surface area contributed by atoms with E-state index < -0.39 is 9.84 Å². The Labute approximate surface area is 203 Å². The molecule has 164 valence electrons. The third-order valence-corrected chi connectivity index (χ3v) is 8.33. The number of hydrogen-bond acceptors (Lipinski definition) is 5. The molecule has 0 saturated heterocycles. The van der Waals surface area contributed by atoms with E-state index in [1.807, 2.05) is 48.5 Å². The van der Waals surface area contributed by atoms with Crippen LogP contribution in [0, 0.1) is 0 Å². The molecule has 0 N–H and O–H groups in total. The van der Waals surface area contributed by atoms with Crippen molar-refractivity contribution in [2.75, 3.05) is 10.7 Å². The Kier molecular flexibility index (Phi) is 6.95. The van der Waals surface area contributed by atoms with Crippen molar-refractivity contribution in [3.63, 3.8) is 0 Å². The molecule has 0 atom stereocenters. The smallest absolute Gasteiger partial charge is 0.230 e. The van der Waals surface area contributed by atoms with Crippen LogP contribution in [0.1, 0.15) is 12.0 Å². The summed E-state index contributed by atoms with van der Waals surface area (Å²) in [6, 6.07) is 21.2. The number of carbonyl (C=O) groups excluding carboxylic acids is 1. The molecule has 0 saturated carbocycles. The summed E-state index contributed by atoms with van der Waals surface area (Å²) in [6.07, 6.45) is -0.155. The van der Waals surface area contributed by atoms with E-state index in [0.29, 0.717) is 16.7 Å². The van der Waals surface area contributed by atoms with E-state index in [9.17, 15) is 13.2 Å². The molecular formula is C23H18BrClN2O3S2. The van der Waals surface area contributed by atoms with Crippen molar-refractivity contribution in [3.8, 4) is 0 Å². The van der Waals surface area contributed by atoms with Crippen molar-refractivity contribution in [1.29, 1.82) is 0 Å². The highest BCUT2D eigenvalue weighted by Crippen LogP contribution is 2.32. The Balaban J connectivity index is 1.60. The van der Waals surface area contributed by atoms with E-state index in [4.69, 9.17) is 11.6 Å². The van der Waals surface area contributed by atoms with Crippen LogP contribution in [0.15, 0.2) is 82.2 Å². The van der Waals surface area contributed by atoms with E-state index >= 15 is 0 Å². The van der Waals surface area contributed by atoms with Crippen molar-refractivity contribution in [1.82, 2.24) is 4.98 Å². The molecule has 0 aliphatic heterocycles. The first kappa shape index (κ1) is 22.9. The maximum atomic E-state index is 13.2. The molecule has 4 aromatic rings. The lowest BCUT2D eigenvalue weighted by molar-refractivity contribution is -0.118. The minimum absolute atomic E-state index is 0.147. The monoisotopic (exact) mass is 548 g/mol. The summed E-state index contributed by atoms with van der Waals surface area (Å²) in [5, 5.41) is 0.993. The molecular weight excluding hydrogens is 532 g/mol. The second-order valence-corrected chi connectivity index (χ2v) is 11.6. The Morgan fingerprint density at radius 2 is 1.75 bits per heavy atom. The average Bonchev–Trinajstić information content (AvgIpc) is 3.19. The van der Waals surface area contributed by atoms with Crippen LogP contribution in [0.4, 0.5) is 5.13 Å². The van der Waals surface area contributed by atoms with Crippen LogP contribution in [0.25, 0.3) is 10.2 Å². The van der Waals surface area contributed by atoms with Gasteiger partial charge in [-0.3, -0.25) is 9.69 Å². The highest BCUT2D eigenvalue weighted by atomic mass is 79.9. The minimum atomic E-state index is -3.62. The molecule has 32 heavy (non-hydrogen) atoms. The zero-order valence-electron chi connectivity index (χ0n) is 16.7. The van der Waals surface area contributed by atoms with Gasteiger partial charge >= 0.3 is 0 Å². The fourth-order valence-electron chi connectivity index (χ4n) is 3.15. The van der Waals surface area contributed by atoms with Crippen LogP contribution in [0.2, 0.25) is 5.02 Å². The van der Waals surface area contributed by atoms with Crippen LogP contribution in [-0.2, 0) is 21.2 Å². The fraction of sp³-hybridized carbons (Fsp3) is 0.130. The summed E-state index contributed by atoms with van der Waals surface area (Å²) in [6.45, 7) is 0.307. The molecule has 0 radical (unpaired) electrons. The average molecular weight is 550 g/mol. The fourth-order valence-corrected chi connectivity index (χ4v) is 6.04. The standard InChI is InChI=1S/C23H18BrClN2O3S2/c24-17-6-11-20-21(14-17)31-23(26-20)27(15-16-4-2-1-3-5-16)22(28)12-13-32(29,30)19-9-7-18(25)8-10-19/h1-11,14H,12-13,15H2. The summed E-state index contributed by atoms with van der Waals surface area (Å²) in [5.41, 5.74) is 1.72. The van der Waals surface area contributed by atoms with Gasteiger partial charge in [0, 0.05) is 15.9 Å². The number of nitrogens with zero attached hydrogens (tertiary/aromatic N) is 2. The normalized spacial score (nSPS) is 11.6. The van der Waals surface area contributed by atoms with Crippen LogP contribution >= 0.6 is 38.9 Å². The predicted molar refractivity (Wildman–Crippen MR) is 133 cm³/mol. The van der Waals surface area contributed by atoms with Gasteiger partial charge < -0.3 is 0 Å². The van der Waals surface area contributed by atoms with Crippen LogP contribution in [0.5, 0.6) is 0 Å². The predicted octanol–water partition coefficient (Wildman–Crippen LogP) is 6.11. The van der Waals surface area contributed by atoms with Crippen molar-refractivity contribution in [2.45, 2.75) is 17.9 Å². The number of sulfone groups is 1. The summed E-state index contributed by atoms with van der Waals surface area (Å²) in [7, 11) is -3.62. The van der Waals surface area contributed by atoms with Gasteiger partial charge in [0.25, 0.3) is 0 Å². The first-order valence-corrected chi connectivity index (χ1v) is 13.3. The number of hydrogen-bond donors (Lipinski definition) is 0. The third kappa shape index (κ3) is 5.38. The van der Waals surface area contributed by atoms with E-state index in [1.165, 1.54) is 35.6 Å². The quantitative estimate of drug-likeness (QED) is 0.279. The maximum Gasteiger partial charge on any atom is 0.230 e. The molecule has 1 aromatic heterocycles. The maximum absolute atomic E-state index is 13.2. The molecule has 1 amide bonds. The number of thiazole rings is 1. The molecule has 4 rings (SSSR count). The lowest BCUT2D eigenvalue weighted by Crippen LogP contribution is -2.31. The lowest BCUT2D eigenvalue weighted by Gasteiger charge is -2.20. The van der Waals surface area contributed by atoms with Gasteiger partial charge in [0.2, 0.25) is 5.91 Å². The summed E-state index contributed by atoms with van der Waals surface area (Å²) in [5.74, 6) is -0.598. The van der Waals surface area contributed by atoms with Gasteiger partial charge in [0.1, 0.15) is 0 Å². The highest BCUT2D eigenvalue weighted by Gasteiger charge is 2.23. The number of benzene rings is 3. The zero-order chi connectivity index (χ0) is 22.7. The largest absolute Gasteiger partial charge is 0.284 e. The van der Waals surface area contributed by atoms with Crippen LogP contribution in [0.3, 0.4) is 0 Å². The van der Waals surface area contributed by atoms with E-state index in [1.54, 1.807) is 4.90 Å².